The second-order valence-corrected chi connectivity index (χ2v) is 12.0. The Labute approximate surface area is 186 Å². The molecule has 2 rings (SSSR count). The van der Waals surface area contributed by atoms with Crippen molar-refractivity contribution in [2.24, 2.45) is 5.92 Å². The quantitative estimate of drug-likeness (QED) is 0.501. The number of carbonyl (C=O) groups excluding carboxylic acids is 1. The van der Waals surface area contributed by atoms with Gasteiger partial charge in [-0.25, -0.2) is 17.9 Å². The molecular weight excluding hydrogens is 424 g/mol. The largest absolute Gasteiger partial charge is 0.444 e. The van der Waals surface area contributed by atoms with Gasteiger partial charge in [-0.05, 0) is 47.0 Å². The van der Waals surface area contributed by atoms with Crippen LogP contribution in [-0.4, -0.2) is 78.1 Å². The molecule has 0 aromatic heterocycles. The fourth-order valence-electron chi connectivity index (χ4n) is 4.60. The monoisotopic (exact) mass is 464 g/mol. The highest BCUT2D eigenvalue weighted by molar-refractivity contribution is 7.89. The molecule has 1 saturated carbocycles. The summed E-state index contributed by atoms with van der Waals surface area (Å²) in [6, 6.07) is -0.504. The van der Waals surface area contributed by atoms with Crippen LogP contribution in [-0.2, 0) is 19.5 Å². The Hall–Kier alpha value is -0.940. The van der Waals surface area contributed by atoms with Crippen molar-refractivity contribution in [3.63, 3.8) is 0 Å². The third kappa shape index (κ3) is 7.56. The van der Waals surface area contributed by atoms with Crippen LogP contribution in [0.25, 0.3) is 0 Å². The number of carbonyl (C=O) groups is 1. The van der Waals surface area contributed by atoms with Crippen LogP contribution in [0.15, 0.2) is 0 Å². The molecule has 1 unspecified atom stereocenters. The zero-order valence-electron chi connectivity index (χ0n) is 19.5. The second-order valence-electron chi connectivity index (χ2n) is 10.2. The molecular formula is C21H40N2O7S. The molecule has 31 heavy (non-hydrogen) atoms. The van der Waals surface area contributed by atoms with Crippen molar-refractivity contribution in [3.8, 4) is 0 Å². The lowest BCUT2D eigenvalue weighted by atomic mass is 9.83. The fraction of sp³-hybridized carbons (Fsp3) is 0.952. The highest BCUT2D eigenvalue weighted by Gasteiger charge is 2.54. The Balaban J connectivity index is 2.28. The molecule has 3 N–H and O–H groups in total. The van der Waals surface area contributed by atoms with Gasteiger partial charge in [-0.3, -0.25) is 4.90 Å². The van der Waals surface area contributed by atoms with Gasteiger partial charge in [-0.1, -0.05) is 32.1 Å². The van der Waals surface area contributed by atoms with Crippen LogP contribution in [0.1, 0.15) is 73.1 Å². The molecule has 2 fully saturated rings. The first-order valence-corrected chi connectivity index (χ1v) is 12.9. The number of sulfonamides is 1. The zero-order valence-corrected chi connectivity index (χ0v) is 20.3. The van der Waals surface area contributed by atoms with Gasteiger partial charge in [0.15, 0.2) is 0 Å². The highest BCUT2D eigenvalue weighted by atomic mass is 32.2. The van der Waals surface area contributed by atoms with E-state index in [1.807, 2.05) is 0 Å². The first-order chi connectivity index (χ1) is 14.3. The minimum absolute atomic E-state index is 0.123. The van der Waals surface area contributed by atoms with E-state index in [-0.39, 0.29) is 13.2 Å². The Bertz CT molecular complexity index is 699. The first-order valence-electron chi connectivity index (χ1n) is 11.2. The molecule has 0 aromatic rings. The van der Waals surface area contributed by atoms with E-state index in [1.54, 1.807) is 34.6 Å². The van der Waals surface area contributed by atoms with E-state index in [4.69, 9.17) is 14.6 Å². The van der Waals surface area contributed by atoms with E-state index < -0.39 is 51.4 Å². The summed E-state index contributed by atoms with van der Waals surface area (Å²) < 4.78 is 38.5. The molecule has 182 valence electrons. The maximum Gasteiger partial charge on any atom is 0.412 e. The standard InChI is InChI=1S/C21H40N2O7S/c1-20(2,3)30-19(26)23-16(13-15-9-7-6-8-10-15)18(29-21(23,4)5)17(25)14-31(27,28)22-11-12-24/h15-18,22,24-25H,6-14H2,1-5H3/t16-,17?,18-/m1/s1. The molecule has 0 aromatic carbocycles. The summed E-state index contributed by atoms with van der Waals surface area (Å²) in [5.41, 5.74) is -1.76. The molecule has 0 spiro atoms. The van der Waals surface area contributed by atoms with Gasteiger partial charge < -0.3 is 19.7 Å². The predicted molar refractivity (Wildman–Crippen MR) is 117 cm³/mol. The third-order valence-electron chi connectivity index (χ3n) is 5.81. The van der Waals surface area contributed by atoms with Gasteiger partial charge in [0.05, 0.1) is 24.5 Å². The van der Waals surface area contributed by atoms with Crippen LogP contribution in [0, 0.1) is 5.92 Å². The van der Waals surface area contributed by atoms with Crippen molar-refractivity contribution in [3.05, 3.63) is 0 Å². The van der Waals surface area contributed by atoms with E-state index in [2.05, 4.69) is 4.72 Å². The summed E-state index contributed by atoms with van der Waals surface area (Å²) in [4.78, 5) is 14.6. The lowest BCUT2D eigenvalue weighted by Gasteiger charge is -2.37. The summed E-state index contributed by atoms with van der Waals surface area (Å²) in [6.07, 6.45) is 3.41. The van der Waals surface area contributed by atoms with Crippen molar-refractivity contribution in [1.82, 2.24) is 9.62 Å². The molecule has 9 nitrogen and oxygen atoms in total. The van der Waals surface area contributed by atoms with Crippen molar-refractivity contribution in [2.75, 3.05) is 18.9 Å². The van der Waals surface area contributed by atoms with Gasteiger partial charge in [-0.2, -0.15) is 0 Å². The van der Waals surface area contributed by atoms with E-state index >= 15 is 0 Å². The number of aliphatic hydroxyl groups is 2. The van der Waals surface area contributed by atoms with Crippen molar-refractivity contribution in [2.45, 2.75) is 103 Å². The molecule has 1 amide bonds. The number of nitrogens with zero attached hydrogens (tertiary/aromatic N) is 1. The lowest BCUT2D eigenvalue weighted by molar-refractivity contribution is -0.0995. The number of hydrogen-bond donors (Lipinski definition) is 3. The molecule has 0 radical (unpaired) electrons. The molecule has 0 bridgehead atoms. The second kappa shape index (κ2) is 10.3. The normalized spacial score (nSPS) is 26.1. The Morgan fingerprint density at radius 1 is 1.26 bits per heavy atom. The average Bonchev–Trinajstić information content (AvgIpc) is 2.89. The van der Waals surface area contributed by atoms with Crippen LogP contribution in [0.2, 0.25) is 0 Å². The molecule has 1 heterocycles. The number of amides is 1. The number of rotatable bonds is 8. The minimum Gasteiger partial charge on any atom is -0.444 e. The van der Waals surface area contributed by atoms with Crippen molar-refractivity contribution >= 4 is 16.1 Å². The molecule has 3 atom stereocenters. The fourth-order valence-corrected chi connectivity index (χ4v) is 5.76. The van der Waals surface area contributed by atoms with Gasteiger partial charge in [0.2, 0.25) is 10.0 Å². The maximum atomic E-state index is 13.1. The maximum absolute atomic E-state index is 13.1. The summed E-state index contributed by atoms with van der Waals surface area (Å²) in [5.74, 6) is -0.197. The van der Waals surface area contributed by atoms with Crippen LogP contribution in [0.3, 0.4) is 0 Å². The average molecular weight is 465 g/mol. The predicted octanol–water partition coefficient (Wildman–Crippen LogP) is 1.97. The molecule has 1 aliphatic heterocycles. The minimum atomic E-state index is -3.82. The number of aliphatic hydroxyl groups excluding tert-OH is 2. The molecule has 10 heteroatoms. The van der Waals surface area contributed by atoms with E-state index in [1.165, 1.54) is 11.3 Å². The summed E-state index contributed by atoms with van der Waals surface area (Å²) in [5, 5.41) is 19.7. The van der Waals surface area contributed by atoms with Gasteiger partial charge in [0, 0.05) is 6.54 Å². The van der Waals surface area contributed by atoms with Crippen LogP contribution < -0.4 is 4.72 Å². The summed E-state index contributed by atoms with van der Waals surface area (Å²) >= 11 is 0. The third-order valence-corrected chi connectivity index (χ3v) is 7.23. The topological polar surface area (TPSA) is 125 Å². The Morgan fingerprint density at radius 2 is 1.87 bits per heavy atom. The van der Waals surface area contributed by atoms with Crippen LogP contribution in [0.4, 0.5) is 4.79 Å². The summed E-state index contributed by atoms with van der Waals surface area (Å²) in [6.45, 7) is 8.37. The smallest absolute Gasteiger partial charge is 0.412 e. The number of hydrogen-bond acceptors (Lipinski definition) is 7. The van der Waals surface area contributed by atoms with E-state index in [9.17, 15) is 18.3 Å². The van der Waals surface area contributed by atoms with Crippen LogP contribution >= 0.6 is 0 Å². The Kier molecular flexibility index (Phi) is 8.77. The number of ether oxygens (including phenoxy) is 2. The van der Waals surface area contributed by atoms with E-state index in [0.717, 1.165) is 25.7 Å². The van der Waals surface area contributed by atoms with E-state index in [0.29, 0.717) is 12.3 Å². The molecule has 1 aliphatic carbocycles. The van der Waals surface area contributed by atoms with Gasteiger partial charge in [0.1, 0.15) is 17.4 Å². The van der Waals surface area contributed by atoms with Crippen LogP contribution in [0.5, 0.6) is 0 Å². The zero-order chi connectivity index (χ0) is 23.4. The van der Waals surface area contributed by atoms with Gasteiger partial charge >= 0.3 is 6.09 Å². The Morgan fingerprint density at radius 3 is 2.42 bits per heavy atom. The van der Waals surface area contributed by atoms with Crippen molar-refractivity contribution < 1.29 is 32.9 Å². The number of nitrogens with one attached hydrogen (secondary N) is 1. The van der Waals surface area contributed by atoms with Gasteiger partial charge in [-0.15, -0.1) is 0 Å². The lowest BCUT2D eigenvalue weighted by Crippen LogP contribution is -2.52. The first kappa shape index (κ1) is 26.3. The highest BCUT2D eigenvalue weighted by Crippen LogP contribution is 2.40. The molecule has 2 aliphatic rings. The molecule has 1 saturated heterocycles. The van der Waals surface area contributed by atoms with Crippen molar-refractivity contribution in [1.29, 1.82) is 0 Å². The van der Waals surface area contributed by atoms with Gasteiger partial charge in [0.25, 0.3) is 0 Å². The summed E-state index contributed by atoms with van der Waals surface area (Å²) in [7, 11) is -3.82. The SMILES string of the molecule is CC(C)(C)OC(=O)N1[C@H](CC2CCCCC2)[C@H](C(O)CS(=O)(=O)NCCO)OC1(C)C.